The van der Waals surface area contributed by atoms with Crippen LogP contribution >= 0.6 is 23.4 Å². The van der Waals surface area contributed by atoms with E-state index in [0.717, 1.165) is 22.2 Å². The normalized spacial score (nSPS) is 12.2. The molecule has 0 atom stereocenters. The van der Waals surface area contributed by atoms with Gasteiger partial charge in [-0.05, 0) is 42.0 Å². The third-order valence-electron chi connectivity index (χ3n) is 3.93. The van der Waals surface area contributed by atoms with Crippen LogP contribution in [0.5, 0.6) is 11.5 Å². The first-order valence-electron chi connectivity index (χ1n) is 8.25. The molecule has 0 radical (unpaired) electrons. The summed E-state index contributed by atoms with van der Waals surface area (Å²) < 4.78 is 12.8. The minimum Gasteiger partial charge on any atom is -0.454 e. The second kappa shape index (κ2) is 7.94. The minimum atomic E-state index is -0.0973. The molecule has 0 unspecified atom stereocenters. The summed E-state index contributed by atoms with van der Waals surface area (Å²) in [7, 11) is 0. The average Bonchev–Trinajstić information content (AvgIpc) is 3.31. The van der Waals surface area contributed by atoms with Gasteiger partial charge in [-0.3, -0.25) is 4.79 Å². The fourth-order valence-corrected chi connectivity index (χ4v) is 3.54. The molecule has 1 aromatic heterocycles. The first-order valence-corrected chi connectivity index (χ1v) is 9.61. The van der Waals surface area contributed by atoms with E-state index in [9.17, 15) is 4.79 Å². The maximum absolute atomic E-state index is 12.2. The van der Waals surface area contributed by atoms with Gasteiger partial charge in [0, 0.05) is 29.6 Å². The fraction of sp³-hybridized carbons (Fsp3) is 0.158. The van der Waals surface area contributed by atoms with Crippen LogP contribution in [0.15, 0.2) is 60.0 Å². The van der Waals surface area contributed by atoms with Crippen molar-refractivity contribution in [3.8, 4) is 11.5 Å². The van der Waals surface area contributed by atoms with Crippen LogP contribution in [0.1, 0.15) is 5.56 Å². The predicted octanol–water partition coefficient (Wildman–Crippen LogP) is 4.04. The van der Waals surface area contributed by atoms with Crippen LogP contribution in [0.3, 0.4) is 0 Å². The molecule has 0 bridgehead atoms. The zero-order chi connectivity index (χ0) is 18.6. The summed E-state index contributed by atoms with van der Waals surface area (Å²) in [6.07, 6.45) is 3.62. The van der Waals surface area contributed by atoms with Gasteiger partial charge in [0.15, 0.2) is 16.7 Å². The lowest BCUT2D eigenvalue weighted by Gasteiger charge is -2.09. The van der Waals surface area contributed by atoms with Gasteiger partial charge in [0.2, 0.25) is 12.7 Å². The van der Waals surface area contributed by atoms with Crippen molar-refractivity contribution in [1.29, 1.82) is 0 Å². The van der Waals surface area contributed by atoms with E-state index in [1.54, 1.807) is 30.5 Å². The number of carbonyl (C=O) groups is 1. The van der Waals surface area contributed by atoms with E-state index >= 15 is 0 Å². The molecule has 1 aliphatic heterocycles. The van der Waals surface area contributed by atoms with Gasteiger partial charge in [0.1, 0.15) is 0 Å². The number of imidazole rings is 1. The van der Waals surface area contributed by atoms with E-state index in [2.05, 4.69) is 10.3 Å². The molecule has 138 valence electrons. The van der Waals surface area contributed by atoms with Gasteiger partial charge < -0.3 is 19.4 Å². The Kier molecular flexibility index (Phi) is 5.22. The van der Waals surface area contributed by atoms with E-state index in [4.69, 9.17) is 21.1 Å². The smallest absolute Gasteiger partial charge is 0.234 e. The second-order valence-electron chi connectivity index (χ2n) is 5.87. The summed E-state index contributed by atoms with van der Waals surface area (Å²) in [6.45, 7) is 0.894. The molecular formula is C19H16ClN3O3S. The summed E-state index contributed by atoms with van der Waals surface area (Å²) in [4.78, 5) is 16.5. The zero-order valence-corrected chi connectivity index (χ0v) is 15.8. The molecule has 8 heteroatoms. The maximum atomic E-state index is 12.2. The Morgan fingerprint density at radius 1 is 1.19 bits per heavy atom. The Labute approximate surface area is 165 Å². The number of thioether (sulfide) groups is 1. The van der Waals surface area contributed by atoms with Gasteiger partial charge >= 0.3 is 0 Å². The van der Waals surface area contributed by atoms with E-state index in [0.29, 0.717) is 17.3 Å². The molecule has 6 nitrogen and oxygen atoms in total. The highest BCUT2D eigenvalue weighted by Gasteiger charge is 2.14. The summed E-state index contributed by atoms with van der Waals surface area (Å²) >= 11 is 7.24. The molecular weight excluding hydrogens is 386 g/mol. The molecule has 0 spiro atoms. The number of carbonyl (C=O) groups excluding carboxylic acids is 1. The van der Waals surface area contributed by atoms with Crippen LogP contribution in [0.4, 0.5) is 5.69 Å². The fourth-order valence-electron chi connectivity index (χ4n) is 2.65. The first-order chi connectivity index (χ1) is 13.2. The number of halogens is 1. The SMILES string of the molecule is O=C(CSc1nccn1Cc1ccc2c(c1)OCO2)Nc1ccc(Cl)cc1. The lowest BCUT2D eigenvalue weighted by Crippen LogP contribution is -2.14. The third-order valence-corrected chi connectivity index (χ3v) is 5.18. The topological polar surface area (TPSA) is 65.4 Å². The first kappa shape index (κ1) is 17.8. The number of hydrogen-bond acceptors (Lipinski definition) is 5. The molecule has 3 aromatic rings. The van der Waals surface area contributed by atoms with Gasteiger partial charge in [-0.2, -0.15) is 0 Å². The lowest BCUT2D eigenvalue weighted by molar-refractivity contribution is -0.113. The van der Waals surface area contributed by atoms with Crippen molar-refractivity contribution >= 4 is 35.0 Å². The van der Waals surface area contributed by atoms with E-state index in [-0.39, 0.29) is 18.5 Å². The number of aromatic nitrogens is 2. The van der Waals surface area contributed by atoms with Crippen molar-refractivity contribution in [1.82, 2.24) is 9.55 Å². The largest absolute Gasteiger partial charge is 0.454 e. The van der Waals surface area contributed by atoms with Crippen LogP contribution in [0.25, 0.3) is 0 Å². The van der Waals surface area contributed by atoms with Crippen LogP contribution in [-0.4, -0.2) is 28.0 Å². The summed E-state index contributed by atoms with van der Waals surface area (Å²) in [5, 5.41) is 4.25. The van der Waals surface area contributed by atoms with Gasteiger partial charge in [-0.1, -0.05) is 29.4 Å². The highest BCUT2D eigenvalue weighted by atomic mass is 35.5. The van der Waals surface area contributed by atoms with Crippen molar-refractivity contribution in [2.24, 2.45) is 0 Å². The van der Waals surface area contributed by atoms with Crippen LogP contribution in [0.2, 0.25) is 5.02 Å². The number of nitrogens with one attached hydrogen (secondary N) is 1. The standard InChI is InChI=1S/C19H16ClN3O3S/c20-14-2-4-15(5-3-14)22-18(24)11-27-19-21-7-8-23(19)10-13-1-6-16-17(9-13)26-12-25-16/h1-9H,10-12H2,(H,22,24). The number of benzene rings is 2. The number of amides is 1. The number of rotatable bonds is 6. The van der Waals surface area contributed by atoms with E-state index < -0.39 is 0 Å². The van der Waals surface area contributed by atoms with Crippen LogP contribution < -0.4 is 14.8 Å². The minimum absolute atomic E-state index is 0.0973. The quantitative estimate of drug-likeness (QED) is 0.631. The van der Waals surface area contributed by atoms with E-state index in [1.165, 1.54) is 11.8 Å². The summed E-state index contributed by atoms with van der Waals surface area (Å²) in [5.74, 6) is 1.68. The second-order valence-corrected chi connectivity index (χ2v) is 7.25. The molecule has 0 saturated carbocycles. The Morgan fingerprint density at radius 3 is 2.85 bits per heavy atom. The molecule has 27 heavy (non-hydrogen) atoms. The Balaban J connectivity index is 1.36. The van der Waals surface area contributed by atoms with Crippen LogP contribution in [-0.2, 0) is 11.3 Å². The molecule has 1 amide bonds. The molecule has 2 heterocycles. The Bertz CT molecular complexity index is 959. The van der Waals surface area contributed by atoms with Gasteiger partial charge in [-0.15, -0.1) is 0 Å². The molecule has 0 fully saturated rings. The summed E-state index contributed by atoms with van der Waals surface area (Å²) in [5.41, 5.74) is 1.79. The predicted molar refractivity (Wildman–Crippen MR) is 105 cm³/mol. The number of fused-ring (bicyclic) bond motifs is 1. The van der Waals surface area contributed by atoms with Crippen molar-refractivity contribution < 1.29 is 14.3 Å². The molecule has 1 aliphatic rings. The molecule has 1 N–H and O–H groups in total. The number of nitrogens with zero attached hydrogens (tertiary/aromatic N) is 2. The Morgan fingerprint density at radius 2 is 2.00 bits per heavy atom. The van der Waals surface area contributed by atoms with Crippen LogP contribution in [0, 0.1) is 0 Å². The zero-order valence-electron chi connectivity index (χ0n) is 14.2. The summed E-state index contributed by atoms with van der Waals surface area (Å²) in [6, 6.07) is 12.9. The number of anilines is 1. The third kappa shape index (κ3) is 4.37. The van der Waals surface area contributed by atoms with Gasteiger partial charge in [0.05, 0.1) is 5.75 Å². The molecule has 0 aliphatic carbocycles. The monoisotopic (exact) mass is 401 g/mol. The van der Waals surface area contributed by atoms with E-state index in [1.807, 2.05) is 29.0 Å². The van der Waals surface area contributed by atoms with Gasteiger partial charge in [-0.25, -0.2) is 4.98 Å². The highest BCUT2D eigenvalue weighted by Crippen LogP contribution is 2.33. The van der Waals surface area contributed by atoms with Crippen molar-refractivity contribution in [3.05, 3.63) is 65.4 Å². The molecule has 2 aromatic carbocycles. The molecule has 4 rings (SSSR count). The van der Waals surface area contributed by atoms with Crippen molar-refractivity contribution in [2.45, 2.75) is 11.7 Å². The number of ether oxygens (including phenoxy) is 2. The number of hydrogen-bond donors (Lipinski definition) is 1. The molecule has 0 saturated heterocycles. The maximum Gasteiger partial charge on any atom is 0.234 e. The average molecular weight is 402 g/mol. The van der Waals surface area contributed by atoms with Gasteiger partial charge in [0.25, 0.3) is 0 Å². The lowest BCUT2D eigenvalue weighted by atomic mass is 10.2. The van der Waals surface area contributed by atoms with Crippen molar-refractivity contribution in [2.75, 3.05) is 17.9 Å². The highest BCUT2D eigenvalue weighted by molar-refractivity contribution is 7.99. The van der Waals surface area contributed by atoms with Crippen molar-refractivity contribution in [3.63, 3.8) is 0 Å². The Hall–Kier alpha value is -2.64.